The number of benzene rings is 1. The zero-order chi connectivity index (χ0) is 19.5. The summed E-state index contributed by atoms with van der Waals surface area (Å²) in [5.74, 6) is 0.573. The first kappa shape index (κ1) is 17.4. The molecule has 0 saturated carbocycles. The van der Waals surface area contributed by atoms with Gasteiger partial charge in [0, 0.05) is 23.5 Å². The number of nitrogens with one attached hydrogen (secondary N) is 1. The monoisotopic (exact) mass is 370 g/mol. The minimum atomic E-state index is -0.140. The smallest absolute Gasteiger partial charge is 0.268 e. The molecule has 0 aliphatic rings. The van der Waals surface area contributed by atoms with Crippen molar-refractivity contribution in [2.45, 2.75) is 19.4 Å². The Morgan fingerprint density at radius 3 is 2.79 bits per heavy atom. The molecule has 0 amide bonds. The quantitative estimate of drug-likeness (QED) is 0.517. The summed E-state index contributed by atoms with van der Waals surface area (Å²) in [6, 6.07) is 11.9. The Kier molecular flexibility index (Phi) is 4.56. The summed E-state index contributed by atoms with van der Waals surface area (Å²) in [7, 11) is 0. The molecule has 0 spiro atoms. The summed E-state index contributed by atoms with van der Waals surface area (Å²) in [5.41, 5.74) is 9.63. The van der Waals surface area contributed by atoms with Gasteiger partial charge >= 0.3 is 0 Å². The molecule has 0 aliphatic carbocycles. The molecule has 28 heavy (non-hydrogen) atoms. The first-order valence-corrected chi connectivity index (χ1v) is 8.85. The van der Waals surface area contributed by atoms with Crippen LogP contribution >= 0.6 is 0 Å². The fourth-order valence-corrected chi connectivity index (χ4v) is 3.13. The van der Waals surface area contributed by atoms with Gasteiger partial charge in [0.25, 0.3) is 5.69 Å². The van der Waals surface area contributed by atoms with Gasteiger partial charge in [-0.15, -0.1) is 0 Å². The van der Waals surface area contributed by atoms with Crippen LogP contribution in [0.1, 0.15) is 24.9 Å². The van der Waals surface area contributed by atoms with Gasteiger partial charge in [0.1, 0.15) is 18.0 Å². The van der Waals surface area contributed by atoms with Gasteiger partial charge in [-0.1, -0.05) is 37.3 Å². The molecule has 3 N–H and O–H groups in total. The van der Waals surface area contributed by atoms with Gasteiger partial charge in [0.05, 0.1) is 18.3 Å². The Morgan fingerprint density at radius 1 is 1.21 bits per heavy atom. The summed E-state index contributed by atoms with van der Waals surface area (Å²) in [6.45, 7) is 9.45. The zero-order valence-electron chi connectivity index (χ0n) is 15.2. The summed E-state index contributed by atoms with van der Waals surface area (Å²) in [4.78, 5) is 16.0. The van der Waals surface area contributed by atoms with E-state index in [1.165, 1.54) is 6.33 Å². The lowest BCUT2D eigenvalue weighted by Gasteiger charge is -2.21. The fraction of sp³-hybridized carbons (Fsp3) is 0.150. The van der Waals surface area contributed by atoms with Crippen LogP contribution in [0.4, 0.5) is 17.3 Å². The molecule has 0 fully saturated rings. The van der Waals surface area contributed by atoms with Gasteiger partial charge in [-0.25, -0.2) is 24.3 Å². The molecule has 138 valence electrons. The van der Waals surface area contributed by atoms with E-state index in [0.29, 0.717) is 5.82 Å². The molecule has 0 unspecified atom stereocenters. The van der Waals surface area contributed by atoms with Crippen molar-refractivity contribution >= 4 is 23.0 Å². The third-order valence-electron chi connectivity index (χ3n) is 4.52. The second-order valence-corrected chi connectivity index (χ2v) is 6.22. The van der Waals surface area contributed by atoms with Gasteiger partial charge < -0.3 is 11.1 Å². The van der Waals surface area contributed by atoms with Crippen molar-refractivity contribution in [1.82, 2.24) is 24.6 Å². The molecule has 0 bridgehead atoms. The lowest BCUT2D eigenvalue weighted by molar-refractivity contribution is 0.736. The minimum Gasteiger partial charge on any atom is -0.392 e. The Hall–Kier alpha value is -3.99. The predicted octanol–water partition coefficient (Wildman–Crippen LogP) is 3.88. The number of hydrogen-bond donors (Lipinski definition) is 2. The molecular weight excluding hydrogens is 352 g/mol. The number of nitrogens with two attached hydrogens (primary N) is 1. The van der Waals surface area contributed by atoms with E-state index in [4.69, 9.17) is 17.4 Å². The number of aromatic nitrogens is 5. The topological polar surface area (TPSA) is 98.4 Å². The maximum Gasteiger partial charge on any atom is 0.268 e. The second kappa shape index (κ2) is 7.32. The zero-order valence-corrected chi connectivity index (χ0v) is 15.2. The lowest BCUT2D eigenvalue weighted by atomic mass is 9.98. The van der Waals surface area contributed by atoms with E-state index in [-0.39, 0.29) is 17.5 Å². The van der Waals surface area contributed by atoms with Gasteiger partial charge in [-0.05, 0) is 12.5 Å². The van der Waals surface area contributed by atoms with E-state index in [1.54, 1.807) is 10.7 Å². The summed E-state index contributed by atoms with van der Waals surface area (Å²) >= 11 is 0. The number of hydrogen-bond acceptors (Lipinski definition) is 6. The molecule has 0 radical (unpaired) electrons. The van der Waals surface area contributed by atoms with Crippen molar-refractivity contribution in [3.63, 3.8) is 0 Å². The van der Waals surface area contributed by atoms with E-state index in [2.05, 4.69) is 32.0 Å². The number of nitrogen functional groups attached to an aromatic ring is 1. The average Bonchev–Trinajstić information content (AvgIpc) is 3.19. The van der Waals surface area contributed by atoms with Crippen molar-refractivity contribution in [3.8, 4) is 11.3 Å². The second-order valence-electron chi connectivity index (χ2n) is 6.22. The number of fused-ring (bicyclic) bond motifs is 1. The molecular formula is C20H18N8. The molecule has 3 aromatic heterocycles. The first-order valence-electron chi connectivity index (χ1n) is 8.85. The van der Waals surface area contributed by atoms with E-state index < -0.39 is 0 Å². The fourth-order valence-electron chi connectivity index (χ4n) is 3.13. The maximum absolute atomic E-state index is 7.39. The SMILES string of the molecule is [C-]#[N+]c1c(N)ncnc1N[C@H](CC)c1cc2nccn2nc1-c1ccccc1. The molecule has 1 aromatic carbocycles. The van der Waals surface area contributed by atoms with Crippen LogP contribution in [-0.2, 0) is 0 Å². The van der Waals surface area contributed by atoms with Gasteiger partial charge in [-0.3, -0.25) is 0 Å². The highest BCUT2D eigenvalue weighted by Gasteiger charge is 2.20. The third-order valence-corrected chi connectivity index (χ3v) is 4.52. The highest BCUT2D eigenvalue weighted by molar-refractivity contribution is 5.77. The normalized spacial score (nSPS) is 11.9. The van der Waals surface area contributed by atoms with Gasteiger partial charge in [0.15, 0.2) is 5.65 Å². The van der Waals surface area contributed by atoms with Crippen molar-refractivity contribution in [3.05, 3.63) is 72.1 Å². The Morgan fingerprint density at radius 2 is 2.04 bits per heavy atom. The van der Waals surface area contributed by atoms with Gasteiger partial charge in [0.2, 0.25) is 0 Å². The van der Waals surface area contributed by atoms with E-state index in [1.807, 2.05) is 42.6 Å². The third kappa shape index (κ3) is 3.10. The van der Waals surface area contributed by atoms with Crippen LogP contribution in [0.3, 0.4) is 0 Å². The average molecular weight is 370 g/mol. The van der Waals surface area contributed by atoms with Crippen molar-refractivity contribution in [2.24, 2.45) is 0 Å². The molecule has 0 aliphatic heterocycles. The minimum absolute atomic E-state index is 0.140. The molecule has 8 nitrogen and oxygen atoms in total. The van der Waals surface area contributed by atoms with Crippen LogP contribution in [-0.4, -0.2) is 24.6 Å². The number of imidazole rings is 1. The first-order chi connectivity index (χ1) is 13.7. The molecule has 8 heteroatoms. The molecule has 3 heterocycles. The maximum atomic E-state index is 7.39. The summed E-state index contributed by atoms with van der Waals surface area (Å²) < 4.78 is 1.76. The van der Waals surface area contributed by atoms with E-state index in [9.17, 15) is 0 Å². The summed E-state index contributed by atoms with van der Waals surface area (Å²) in [6.07, 6.45) is 5.65. The predicted molar refractivity (Wildman–Crippen MR) is 108 cm³/mol. The number of rotatable bonds is 5. The molecule has 0 saturated heterocycles. The highest BCUT2D eigenvalue weighted by Crippen LogP contribution is 2.34. The van der Waals surface area contributed by atoms with Crippen LogP contribution in [0.15, 0.2) is 55.1 Å². The van der Waals surface area contributed by atoms with Crippen LogP contribution in [0, 0.1) is 6.57 Å². The Labute approximate surface area is 161 Å². The summed E-state index contributed by atoms with van der Waals surface area (Å²) in [5, 5.41) is 8.12. The Bertz CT molecular complexity index is 1160. The van der Waals surface area contributed by atoms with Gasteiger partial charge in [-0.2, -0.15) is 5.10 Å². The number of nitrogens with zero attached hydrogens (tertiary/aromatic N) is 6. The standard InChI is InChI=1S/C20H18N8/c1-3-15(26-20-18(22-2)19(21)24-12-25-20)14-11-16-23-9-10-28(16)27-17(14)13-7-5-4-6-8-13/h4-12,15H,3H2,1H3,(H3,21,24,25,26)/t15-/m1/s1. The van der Waals surface area contributed by atoms with Crippen LogP contribution in [0.2, 0.25) is 0 Å². The lowest BCUT2D eigenvalue weighted by Crippen LogP contribution is -2.14. The molecule has 4 aromatic rings. The van der Waals surface area contributed by atoms with Crippen LogP contribution in [0.5, 0.6) is 0 Å². The Balaban J connectivity index is 1.84. The largest absolute Gasteiger partial charge is 0.392 e. The van der Waals surface area contributed by atoms with Crippen LogP contribution in [0.25, 0.3) is 21.7 Å². The van der Waals surface area contributed by atoms with Crippen molar-refractivity contribution < 1.29 is 0 Å². The molecule has 4 rings (SSSR count). The van der Waals surface area contributed by atoms with E-state index >= 15 is 0 Å². The van der Waals surface area contributed by atoms with Crippen LogP contribution < -0.4 is 11.1 Å². The van der Waals surface area contributed by atoms with Crippen molar-refractivity contribution in [1.29, 1.82) is 0 Å². The highest BCUT2D eigenvalue weighted by atomic mass is 15.2. The van der Waals surface area contributed by atoms with E-state index in [0.717, 1.165) is 28.9 Å². The van der Waals surface area contributed by atoms with Crippen molar-refractivity contribution in [2.75, 3.05) is 11.1 Å². The molecule has 1 atom stereocenters. The number of anilines is 2.